The van der Waals surface area contributed by atoms with Crippen LogP contribution in [0.3, 0.4) is 0 Å². The number of unbranched alkanes of at least 4 members (excludes halogenated alkanes) is 2. The third kappa shape index (κ3) is 4.99. The predicted molar refractivity (Wildman–Crippen MR) is 48.8 cm³/mol. The monoisotopic (exact) mass is 171 g/mol. The van der Waals surface area contributed by atoms with Gasteiger partial charge >= 0.3 is 0 Å². The molecule has 0 aromatic heterocycles. The van der Waals surface area contributed by atoms with E-state index in [1.54, 1.807) is 6.92 Å². The predicted octanol–water partition coefficient (Wildman–Crippen LogP) is 2.63. The minimum Gasteiger partial charge on any atom is -0.393 e. The average molecular weight is 171 g/mol. The molecule has 0 saturated heterocycles. The molecule has 1 N–H and O–H groups in total. The fourth-order valence-corrected chi connectivity index (χ4v) is 1.00. The summed E-state index contributed by atoms with van der Waals surface area (Å²) in [6.45, 7) is 3.85. The van der Waals surface area contributed by atoms with E-state index in [1.165, 1.54) is 0 Å². The van der Waals surface area contributed by atoms with Crippen molar-refractivity contribution in [1.29, 1.82) is 0 Å². The minimum atomic E-state index is -0.479. The Morgan fingerprint density at radius 3 is 2.67 bits per heavy atom. The number of rotatable bonds is 6. The highest BCUT2D eigenvalue weighted by atomic mass is 16.3. The highest BCUT2D eigenvalue weighted by Crippen LogP contribution is 2.08. The van der Waals surface area contributed by atoms with Crippen LogP contribution in [-0.4, -0.2) is 17.3 Å². The molecular formula is C8H17N3O. The van der Waals surface area contributed by atoms with E-state index in [0.717, 1.165) is 25.7 Å². The van der Waals surface area contributed by atoms with E-state index >= 15 is 0 Å². The molecule has 0 aliphatic rings. The van der Waals surface area contributed by atoms with Crippen molar-refractivity contribution in [3.63, 3.8) is 0 Å². The lowest BCUT2D eigenvalue weighted by Gasteiger charge is -2.12. The van der Waals surface area contributed by atoms with Gasteiger partial charge in [-0.05, 0) is 12.0 Å². The topological polar surface area (TPSA) is 69.0 Å². The average Bonchev–Trinajstić information content (AvgIpc) is 2.05. The summed E-state index contributed by atoms with van der Waals surface area (Å²) in [5, 5.41) is 12.8. The molecular weight excluding hydrogens is 154 g/mol. The molecule has 0 aromatic rings. The molecule has 0 fully saturated rings. The normalized spacial score (nSPS) is 14.9. The van der Waals surface area contributed by atoms with Gasteiger partial charge < -0.3 is 5.11 Å². The number of azide groups is 1. The Balaban J connectivity index is 3.55. The Bertz CT molecular complexity index is 154. The zero-order valence-electron chi connectivity index (χ0n) is 7.77. The molecule has 0 spiro atoms. The van der Waals surface area contributed by atoms with Crippen LogP contribution >= 0.6 is 0 Å². The maximum Gasteiger partial charge on any atom is 0.0622 e. The van der Waals surface area contributed by atoms with Gasteiger partial charge in [-0.25, -0.2) is 0 Å². The highest BCUT2D eigenvalue weighted by Gasteiger charge is 2.10. The van der Waals surface area contributed by atoms with Crippen molar-refractivity contribution in [2.24, 2.45) is 5.11 Å². The number of aliphatic hydroxyl groups is 1. The van der Waals surface area contributed by atoms with Gasteiger partial charge in [0.15, 0.2) is 0 Å². The molecule has 0 bridgehead atoms. The van der Waals surface area contributed by atoms with Crippen molar-refractivity contribution in [1.82, 2.24) is 0 Å². The number of nitrogens with zero attached hydrogens (tertiary/aromatic N) is 3. The molecule has 0 saturated carbocycles. The number of hydrogen-bond acceptors (Lipinski definition) is 2. The van der Waals surface area contributed by atoms with Crippen molar-refractivity contribution in [2.45, 2.75) is 51.7 Å². The lowest BCUT2D eigenvalue weighted by Crippen LogP contribution is -2.20. The van der Waals surface area contributed by atoms with Gasteiger partial charge in [0.1, 0.15) is 0 Å². The van der Waals surface area contributed by atoms with Crippen LogP contribution in [0.15, 0.2) is 5.11 Å². The van der Waals surface area contributed by atoms with Crippen LogP contribution in [0.1, 0.15) is 39.5 Å². The van der Waals surface area contributed by atoms with Gasteiger partial charge in [0.25, 0.3) is 0 Å². The molecule has 4 nitrogen and oxygen atoms in total. The Morgan fingerprint density at radius 2 is 2.17 bits per heavy atom. The van der Waals surface area contributed by atoms with E-state index in [1.807, 2.05) is 0 Å². The fraction of sp³-hybridized carbons (Fsp3) is 1.00. The van der Waals surface area contributed by atoms with Crippen LogP contribution < -0.4 is 0 Å². The highest BCUT2D eigenvalue weighted by molar-refractivity contribution is 4.70. The molecule has 0 unspecified atom stereocenters. The van der Waals surface area contributed by atoms with Crippen molar-refractivity contribution < 1.29 is 5.11 Å². The van der Waals surface area contributed by atoms with Crippen LogP contribution in [-0.2, 0) is 0 Å². The summed E-state index contributed by atoms with van der Waals surface area (Å²) in [5.74, 6) is 0. The van der Waals surface area contributed by atoms with Crippen molar-refractivity contribution in [2.75, 3.05) is 0 Å². The van der Waals surface area contributed by atoms with E-state index in [-0.39, 0.29) is 6.04 Å². The van der Waals surface area contributed by atoms with E-state index < -0.39 is 6.10 Å². The first-order valence-electron chi connectivity index (χ1n) is 4.44. The summed E-state index contributed by atoms with van der Waals surface area (Å²) in [7, 11) is 0. The van der Waals surface area contributed by atoms with Crippen LogP contribution in [0.2, 0.25) is 0 Å². The summed E-state index contributed by atoms with van der Waals surface area (Å²) in [6.07, 6.45) is 3.52. The molecule has 70 valence electrons. The lowest BCUT2D eigenvalue weighted by molar-refractivity contribution is 0.138. The largest absolute Gasteiger partial charge is 0.393 e. The third-order valence-corrected chi connectivity index (χ3v) is 1.89. The van der Waals surface area contributed by atoms with E-state index in [0.29, 0.717) is 0 Å². The Kier molecular flexibility index (Phi) is 6.53. The van der Waals surface area contributed by atoms with Crippen LogP contribution in [0.25, 0.3) is 10.4 Å². The molecule has 0 amide bonds. The molecule has 0 radical (unpaired) electrons. The maximum atomic E-state index is 9.41. The second-order valence-corrected chi connectivity index (χ2v) is 3.01. The van der Waals surface area contributed by atoms with Crippen molar-refractivity contribution in [3.05, 3.63) is 10.4 Å². The SMILES string of the molecule is CCCCC[C@H](O)[C@@H](C)N=[N+]=[N-]. The van der Waals surface area contributed by atoms with E-state index in [4.69, 9.17) is 5.53 Å². The lowest BCUT2D eigenvalue weighted by atomic mass is 10.1. The Hall–Kier alpha value is -0.730. The first-order chi connectivity index (χ1) is 5.72. The molecule has 0 rings (SSSR count). The summed E-state index contributed by atoms with van der Waals surface area (Å²) in [6, 6.07) is -0.299. The smallest absolute Gasteiger partial charge is 0.0622 e. The first kappa shape index (κ1) is 11.3. The van der Waals surface area contributed by atoms with Crippen LogP contribution in [0.5, 0.6) is 0 Å². The van der Waals surface area contributed by atoms with Gasteiger partial charge in [0.2, 0.25) is 0 Å². The minimum absolute atomic E-state index is 0.299. The third-order valence-electron chi connectivity index (χ3n) is 1.89. The van der Waals surface area contributed by atoms with Gasteiger partial charge in [-0.2, -0.15) is 0 Å². The molecule has 2 atom stereocenters. The second-order valence-electron chi connectivity index (χ2n) is 3.01. The molecule has 0 aromatic carbocycles. The van der Waals surface area contributed by atoms with Gasteiger partial charge in [-0.1, -0.05) is 38.2 Å². The van der Waals surface area contributed by atoms with E-state index in [2.05, 4.69) is 16.9 Å². The number of hydrogen-bond donors (Lipinski definition) is 1. The molecule has 0 heterocycles. The molecule has 4 heteroatoms. The zero-order valence-corrected chi connectivity index (χ0v) is 7.77. The summed E-state index contributed by atoms with van der Waals surface area (Å²) >= 11 is 0. The summed E-state index contributed by atoms with van der Waals surface area (Å²) < 4.78 is 0. The van der Waals surface area contributed by atoms with Crippen LogP contribution in [0.4, 0.5) is 0 Å². The fourth-order valence-electron chi connectivity index (χ4n) is 1.00. The van der Waals surface area contributed by atoms with Crippen molar-refractivity contribution >= 4 is 0 Å². The van der Waals surface area contributed by atoms with Gasteiger partial charge in [0.05, 0.1) is 12.1 Å². The Morgan fingerprint density at radius 1 is 1.50 bits per heavy atom. The standard InChI is InChI=1S/C8H17N3O/c1-3-4-5-6-8(12)7(2)10-11-9/h7-8,12H,3-6H2,1-2H3/t7-,8+/m1/s1. The quantitative estimate of drug-likeness (QED) is 0.284. The maximum absolute atomic E-state index is 9.41. The summed E-state index contributed by atoms with van der Waals surface area (Å²) in [4.78, 5) is 2.65. The molecule has 0 aliphatic carbocycles. The van der Waals surface area contributed by atoms with Gasteiger partial charge in [-0.15, -0.1) is 0 Å². The molecule has 0 aliphatic heterocycles. The molecule has 12 heavy (non-hydrogen) atoms. The first-order valence-corrected chi connectivity index (χ1v) is 4.44. The zero-order chi connectivity index (χ0) is 9.40. The Labute approximate surface area is 73.2 Å². The van der Waals surface area contributed by atoms with Gasteiger partial charge in [-0.3, -0.25) is 0 Å². The second kappa shape index (κ2) is 6.95. The van der Waals surface area contributed by atoms with Gasteiger partial charge in [0, 0.05) is 4.91 Å². The van der Waals surface area contributed by atoms with Crippen molar-refractivity contribution in [3.8, 4) is 0 Å². The number of aliphatic hydroxyl groups excluding tert-OH is 1. The van der Waals surface area contributed by atoms with E-state index in [9.17, 15) is 5.11 Å². The van der Waals surface area contributed by atoms with Crippen LogP contribution in [0, 0.1) is 0 Å². The summed E-state index contributed by atoms with van der Waals surface area (Å²) in [5.41, 5.74) is 8.10.